The summed E-state index contributed by atoms with van der Waals surface area (Å²) in [5.74, 6) is 0.189. The molecule has 1 N–H and O–H groups in total. The second-order valence-corrected chi connectivity index (χ2v) is 4.51. The zero-order valence-electron chi connectivity index (χ0n) is 11.7. The standard InChI is InChI=1S/C14H17F2N3O/c1-9-13(10(2)19(3)18-9)17-8-11-6-4-5-7-12(11)20-14(15)16/h4-7,14,17H,8H2,1-3H3. The third-order valence-electron chi connectivity index (χ3n) is 3.15. The van der Waals surface area contributed by atoms with Gasteiger partial charge in [-0.3, -0.25) is 4.68 Å². The van der Waals surface area contributed by atoms with Crippen LogP contribution >= 0.6 is 0 Å². The number of nitrogens with zero attached hydrogens (tertiary/aromatic N) is 2. The van der Waals surface area contributed by atoms with Crippen LogP contribution in [0, 0.1) is 13.8 Å². The summed E-state index contributed by atoms with van der Waals surface area (Å²) in [5, 5.41) is 7.52. The van der Waals surface area contributed by atoms with Crippen LogP contribution in [-0.2, 0) is 13.6 Å². The molecule has 0 aliphatic carbocycles. The Hall–Kier alpha value is -2.11. The van der Waals surface area contributed by atoms with E-state index in [1.165, 1.54) is 6.07 Å². The van der Waals surface area contributed by atoms with Crippen LogP contribution in [0.4, 0.5) is 14.5 Å². The molecule has 0 saturated carbocycles. The summed E-state index contributed by atoms with van der Waals surface area (Å²) in [6.07, 6.45) is 0. The molecule has 6 heteroatoms. The number of aryl methyl sites for hydroxylation is 2. The van der Waals surface area contributed by atoms with Gasteiger partial charge in [0.1, 0.15) is 5.75 Å². The van der Waals surface area contributed by atoms with Gasteiger partial charge in [-0.1, -0.05) is 18.2 Å². The normalized spacial score (nSPS) is 10.9. The highest BCUT2D eigenvalue weighted by molar-refractivity contribution is 5.53. The molecule has 2 rings (SSSR count). The zero-order valence-corrected chi connectivity index (χ0v) is 11.7. The van der Waals surface area contributed by atoms with Crippen molar-refractivity contribution in [3.63, 3.8) is 0 Å². The summed E-state index contributed by atoms with van der Waals surface area (Å²) in [5.41, 5.74) is 3.46. The largest absolute Gasteiger partial charge is 0.434 e. The third kappa shape index (κ3) is 3.07. The molecule has 0 amide bonds. The van der Waals surface area contributed by atoms with Crippen LogP contribution in [0.2, 0.25) is 0 Å². The van der Waals surface area contributed by atoms with Crippen LogP contribution in [-0.4, -0.2) is 16.4 Å². The first-order chi connectivity index (χ1) is 9.49. The lowest BCUT2D eigenvalue weighted by Gasteiger charge is -2.12. The lowest BCUT2D eigenvalue weighted by atomic mass is 10.2. The van der Waals surface area contributed by atoms with Gasteiger partial charge in [0.15, 0.2) is 0 Å². The van der Waals surface area contributed by atoms with Gasteiger partial charge in [0, 0.05) is 19.2 Å². The average Bonchev–Trinajstić information content (AvgIpc) is 2.62. The first-order valence-corrected chi connectivity index (χ1v) is 6.26. The number of ether oxygens (including phenoxy) is 1. The Morgan fingerprint density at radius 1 is 1.30 bits per heavy atom. The molecule has 0 radical (unpaired) electrons. The van der Waals surface area contributed by atoms with Crippen molar-refractivity contribution in [2.24, 2.45) is 7.05 Å². The molecule has 0 atom stereocenters. The highest BCUT2D eigenvalue weighted by Crippen LogP contribution is 2.24. The van der Waals surface area contributed by atoms with Crippen LogP contribution in [0.1, 0.15) is 17.0 Å². The van der Waals surface area contributed by atoms with Crippen LogP contribution < -0.4 is 10.1 Å². The van der Waals surface area contributed by atoms with E-state index in [9.17, 15) is 8.78 Å². The zero-order chi connectivity index (χ0) is 14.7. The summed E-state index contributed by atoms with van der Waals surface area (Å²) in [4.78, 5) is 0. The van der Waals surface area contributed by atoms with Crippen LogP contribution in [0.3, 0.4) is 0 Å². The highest BCUT2D eigenvalue weighted by atomic mass is 19.3. The molecule has 0 saturated heterocycles. The van der Waals surface area contributed by atoms with E-state index in [0.717, 1.165) is 17.1 Å². The Bertz CT molecular complexity index is 596. The number of para-hydroxylation sites is 1. The van der Waals surface area contributed by atoms with Gasteiger partial charge < -0.3 is 10.1 Å². The molecular weight excluding hydrogens is 264 g/mol. The van der Waals surface area contributed by atoms with E-state index in [0.29, 0.717) is 12.1 Å². The van der Waals surface area contributed by atoms with Gasteiger partial charge in [0.2, 0.25) is 0 Å². The molecule has 0 unspecified atom stereocenters. The Morgan fingerprint density at radius 2 is 2.00 bits per heavy atom. The molecule has 0 fully saturated rings. The maximum Gasteiger partial charge on any atom is 0.387 e. The average molecular weight is 281 g/mol. The highest BCUT2D eigenvalue weighted by Gasteiger charge is 2.12. The molecule has 0 aliphatic heterocycles. The first-order valence-electron chi connectivity index (χ1n) is 6.26. The molecule has 0 aliphatic rings. The van der Waals surface area contributed by atoms with Gasteiger partial charge in [0.05, 0.1) is 17.1 Å². The Labute approximate surface area is 116 Å². The van der Waals surface area contributed by atoms with Gasteiger partial charge in [-0.2, -0.15) is 13.9 Å². The minimum Gasteiger partial charge on any atom is -0.434 e. The lowest BCUT2D eigenvalue weighted by Crippen LogP contribution is -2.07. The fourth-order valence-electron chi connectivity index (χ4n) is 2.07. The number of aromatic nitrogens is 2. The van der Waals surface area contributed by atoms with Crippen molar-refractivity contribution in [1.29, 1.82) is 0 Å². The Morgan fingerprint density at radius 3 is 2.60 bits per heavy atom. The first kappa shape index (κ1) is 14.3. The summed E-state index contributed by atoms with van der Waals surface area (Å²) in [6, 6.07) is 6.75. The summed E-state index contributed by atoms with van der Waals surface area (Å²) < 4.78 is 31.0. The van der Waals surface area contributed by atoms with Gasteiger partial charge >= 0.3 is 6.61 Å². The number of anilines is 1. The second-order valence-electron chi connectivity index (χ2n) is 4.51. The number of hydrogen-bond donors (Lipinski definition) is 1. The van der Waals surface area contributed by atoms with Gasteiger partial charge in [-0.25, -0.2) is 0 Å². The molecule has 1 heterocycles. The van der Waals surface area contributed by atoms with Crippen molar-refractivity contribution in [3.05, 3.63) is 41.2 Å². The minimum absolute atomic E-state index is 0.189. The van der Waals surface area contributed by atoms with E-state index in [-0.39, 0.29) is 5.75 Å². The summed E-state index contributed by atoms with van der Waals surface area (Å²) in [7, 11) is 1.86. The topological polar surface area (TPSA) is 39.1 Å². The number of hydrogen-bond acceptors (Lipinski definition) is 3. The minimum atomic E-state index is -2.82. The van der Waals surface area contributed by atoms with Crippen molar-refractivity contribution in [2.45, 2.75) is 27.0 Å². The molecule has 0 spiro atoms. The van der Waals surface area contributed by atoms with Gasteiger partial charge in [-0.05, 0) is 19.9 Å². The Balaban J connectivity index is 2.15. The molecular formula is C14H17F2N3O. The number of rotatable bonds is 5. The number of benzene rings is 1. The number of halogens is 2. The molecule has 108 valence electrons. The van der Waals surface area contributed by atoms with Crippen molar-refractivity contribution in [2.75, 3.05) is 5.32 Å². The van der Waals surface area contributed by atoms with Crippen LogP contribution in [0.5, 0.6) is 5.75 Å². The number of nitrogens with one attached hydrogen (secondary N) is 1. The Kier molecular flexibility index (Phi) is 4.22. The molecule has 2 aromatic rings. The van der Waals surface area contributed by atoms with Gasteiger partial charge in [0.25, 0.3) is 0 Å². The fraction of sp³-hybridized carbons (Fsp3) is 0.357. The molecule has 4 nitrogen and oxygen atoms in total. The van der Waals surface area contributed by atoms with Crippen molar-refractivity contribution in [3.8, 4) is 5.75 Å². The predicted molar refractivity (Wildman–Crippen MR) is 73.1 cm³/mol. The van der Waals surface area contributed by atoms with E-state index in [1.807, 2.05) is 20.9 Å². The van der Waals surface area contributed by atoms with Crippen LogP contribution in [0.15, 0.2) is 24.3 Å². The van der Waals surface area contributed by atoms with Gasteiger partial charge in [-0.15, -0.1) is 0 Å². The quantitative estimate of drug-likeness (QED) is 0.914. The monoisotopic (exact) mass is 281 g/mol. The van der Waals surface area contributed by atoms with Crippen molar-refractivity contribution >= 4 is 5.69 Å². The lowest BCUT2D eigenvalue weighted by molar-refractivity contribution is -0.0504. The van der Waals surface area contributed by atoms with E-state index in [4.69, 9.17) is 0 Å². The van der Waals surface area contributed by atoms with E-state index in [1.54, 1.807) is 22.9 Å². The molecule has 0 bridgehead atoms. The predicted octanol–water partition coefficient (Wildman–Crippen LogP) is 3.25. The second kappa shape index (κ2) is 5.90. The fourth-order valence-corrected chi connectivity index (χ4v) is 2.07. The SMILES string of the molecule is Cc1nn(C)c(C)c1NCc1ccccc1OC(F)F. The maximum atomic E-state index is 12.3. The van der Waals surface area contributed by atoms with Crippen LogP contribution in [0.25, 0.3) is 0 Å². The smallest absolute Gasteiger partial charge is 0.387 e. The summed E-state index contributed by atoms with van der Waals surface area (Å²) in [6.45, 7) is 1.43. The van der Waals surface area contributed by atoms with Crippen molar-refractivity contribution < 1.29 is 13.5 Å². The van der Waals surface area contributed by atoms with E-state index < -0.39 is 6.61 Å². The maximum absolute atomic E-state index is 12.3. The number of alkyl halides is 2. The van der Waals surface area contributed by atoms with E-state index in [2.05, 4.69) is 15.2 Å². The third-order valence-corrected chi connectivity index (χ3v) is 3.15. The molecule has 1 aromatic heterocycles. The van der Waals surface area contributed by atoms with E-state index >= 15 is 0 Å². The molecule has 1 aromatic carbocycles. The molecule has 20 heavy (non-hydrogen) atoms. The summed E-state index contributed by atoms with van der Waals surface area (Å²) >= 11 is 0. The van der Waals surface area contributed by atoms with Crippen molar-refractivity contribution in [1.82, 2.24) is 9.78 Å².